The van der Waals surface area contributed by atoms with E-state index in [1.165, 1.54) is 0 Å². The van der Waals surface area contributed by atoms with Gasteiger partial charge in [0, 0.05) is 0 Å². The van der Waals surface area contributed by atoms with Gasteiger partial charge in [0.05, 0.1) is 24.9 Å². The first-order valence-electron chi connectivity index (χ1n) is 5.81. The topological polar surface area (TPSA) is 64.3 Å². The molecular formula is C11H11F3N2O3. The van der Waals surface area contributed by atoms with Crippen LogP contribution in [0.5, 0.6) is 0 Å². The van der Waals surface area contributed by atoms with Crippen LogP contribution >= 0.6 is 0 Å². The van der Waals surface area contributed by atoms with Gasteiger partial charge in [0.1, 0.15) is 5.56 Å². The number of alkyl halides is 3. The molecule has 0 aromatic carbocycles. The van der Waals surface area contributed by atoms with Crippen molar-refractivity contribution in [1.29, 1.82) is 0 Å². The second-order valence-electron chi connectivity index (χ2n) is 5.14. The van der Waals surface area contributed by atoms with E-state index in [1.807, 2.05) is 0 Å². The van der Waals surface area contributed by atoms with Crippen LogP contribution in [0.25, 0.3) is 0 Å². The van der Waals surface area contributed by atoms with Crippen LogP contribution in [0.1, 0.15) is 28.9 Å². The van der Waals surface area contributed by atoms with E-state index in [4.69, 9.17) is 9.84 Å². The van der Waals surface area contributed by atoms with Crippen LogP contribution in [0.3, 0.4) is 0 Å². The van der Waals surface area contributed by atoms with Gasteiger partial charge in [-0.25, -0.2) is 4.79 Å². The number of fused-ring (bicyclic) bond motifs is 1. The van der Waals surface area contributed by atoms with E-state index in [9.17, 15) is 18.0 Å². The van der Waals surface area contributed by atoms with Crippen LogP contribution in [0.15, 0.2) is 6.20 Å². The molecule has 1 aromatic rings. The summed E-state index contributed by atoms with van der Waals surface area (Å²) >= 11 is 0. The van der Waals surface area contributed by atoms with E-state index in [0.29, 0.717) is 18.7 Å². The predicted molar refractivity (Wildman–Crippen MR) is 55.6 cm³/mol. The highest BCUT2D eigenvalue weighted by Gasteiger charge is 2.53. The minimum atomic E-state index is -4.72. The summed E-state index contributed by atoms with van der Waals surface area (Å²) in [6.07, 6.45) is -2.64. The predicted octanol–water partition coefficient (Wildman–Crippen LogP) is 1.78. The lowest BCUT2D eigenvalue weighted by Gasteiger charge is -2.35. The van der Waals surface area contributed by atoms with Crippen molar-refractivity contribution in [3.8, 4) is 0 Å². The number of hydrogen-bond donors (Lipinski definition) is 1. The van der Waals surface area contributed by atoms with E-state index in [2.05, 4.69) is 5.10 Å². The number of ether oxygens (including phenoxy) is 1. The van der Waals surface area contributed by atoms with Crippen molar-refractivity contribution in [3.05, 3.63) is 17.5 Å². The lowest BCUT2D eigenvalue weighted by Crippen LogP contribution is -2.41. The molecule has 0 atom stereocenters. The number of carboxylic acid groups (broad SMARTS) is 1. The minimum absolute atomic E-state index is 0.0568. The van der Waals surface area contributed by atoms with Crippen LogP contribution < -0.4 is 0 Å². The van der Waals surface area contributed by atoms with Crippen molar-refractivity contribution in [2.45, 2.75) is 31.2 Å². The molecule has 8 heteroatoms. The van der Waals surface area contributed by atoms with Crippen LogP contribution in [-0.4, -0.2) is 33.1 Å². The normalized spacial score (nSPS) is 29.3. The van der Waals surface area contributed by atoms with Gasteiger partial charge in [0.2, 0.25) is 0 Å². The Hall–Kier alpha value is -1.57. The fourth-order valence-electron chi connectivity index (χ4n) is 2.91. The molecule has 0 radical (unpaired) electrons. The van der Waals surface area contributed by atoms with Crippen LogP contribution in [0.4, 0.5) is 13.2 Å². The number of nitrogens with zero attached hydrogens (tertiary/aromatic N) is 2. The summed E-state index contributed by atoms with van der Waals surface area (Å²) in [6, 6.07) is 0. The third kappa shape index (κ3) is 1.90. The smallest absolute Gasteiger partial charge is 0.420 e. The fraction of sp³-hybridized carbons (Fsp3) is 0.636. The van der Waals surface area contributed by atoms with E-state index < -0.39 is 29.0 Å². The first kappa shape index (κ1) is 12.5. The molecule has 0 amide bonds. The van der Waals surface area contributed by atoms with Gasteiger partial charge < -0.3 is 9.84 Å². The molecule has 4 rings (SSSR count). The first-order valence-corrected chi connectivity index (χ1v) is 5.81. The molecule has 3 fully saturated rings. The molecule has 0 spiro atoms. The van der Waals surface area contributed by atoms with Crippen LogP contribution in [0, 0.1) is 5.92 Å². The molecule has 2 saturated heterocycles. The molecule has 2 aliphatic heterocycles. The monoisotopic (exact) mass is 276 g/mol. The number of carbonyl (C=O) groups is 1. The summed E-state index contributed by atoms with van der Waals surface area (Å²) in [4.78, 5) is 11.0. The molecule has 3 aliphatic rings. The summed E-state index contributed by atoms with van der Waals surface area (Å²) in [6.45, 7) is 0.650. The highest BCUT2D eigenvalue weighted by atomic mass is 19.4. The molecular weight excluding hydrogens is 265 g/mol. The Labute approximate surface area is 106 Å². The van der Waals surface area contributed by atoms with Crippen molar-refractivity contribution in [2.24, 2.45) is 5.92 Å². The van der Waals surface area contributed by atoms with Gasteiger partial charge in [-0.2, -0.15) is 18.3 Å². The Kier molecular flexibility index (Phi) is 2.44. The van der Waals surface area contributed by atoms with Gasteiger partial charge in [-0.15, -0.1) is 0 Å². The third-order valence-electron chi connectivity index (χ3n) is 3.73. The number of aromatic nitrogens is 2. The van der Waals surface area contributed by atoms with E-state index in [-0.39, 0.29) is 6.54 Å². The Morgan fingerprint density at radius 3 is 2.74 bits per heavy atom. The largest absolute Gasteiger partial charge is 0.477 e. The molecule has 1 aromatic heterocycles. The van der Waals surface area contributed by atoms with E-state index in [1.54, 1.807) is 0 Å². The highest BCUT2D eigenvalue weighted by molar-refractivity contribution is 5.87. The molecule has 0 unspecified atom stereocenters. The Morgan fingerprint density at radius 1 is 1.58 bits per heavy atom. The Morgan fingerprint density at radius 2 is 2.26 bits per heavy atom. The van der Waals surface area contributed by atoms with Crippen molar-refractivity contribution >= 4 is 5.97 Å². The van der Waals surface area contributed by atoms with E-state index in [0.717, 1.165) is 17.5 Å². The van der Waals surface area contributed by atoms with Gasteiger partial charge in [-0.3, -0.25) is 4.68 Å². The second-order valence-corrected chi connectivity index (χ2v) is 5.14. The van der Waals surface area contributed by atoms with Crippen molar-refractivity contribution < 1.29 is 27.8 Å². The summed E-state index contributed by atoms with van der Waals surface area (Å²) in [7, 11) is 0. The second kappa shape index (κ2) is 3.72. The molecule has 1 saturated carbocycles. The Bertz CT molecular complexity index is 526. The molecule has 3 heterocycles. The standard InChI is InChI=1S/C11H11F3N2O3/c12-11(13,14)7-3-15-16(8(7)9(17)18)5-10-1-6(2-10)4-19-10/h3,6H,1-2,4-5H2,(H,17,18). The molecule has 5 nitrogen and oxygen atoms in total. The Balaban J connectivity index is 1.93. The van der Waals surface area contributed by atoms with Crippen molar-refractivity contribution in [1.82, 2.24) is 9.78 Å². The van der Waals surface area contributed by atoms with Gasteiger partial charge in [0.15, 0.2) is 5.69 Å². The first-order chi connectivity index (χ1) is 8.81. The number of carboxylic acids is 1. The SMILES string of the molecule is O=C(O)c1c(C(F)(F)F)cnn1CC12CC(CO1)C2. The number of rotatable bonds is 3. The van der Waals surface area contributed by atoms with Gasteiger partial charge >= 0.3 is 12.1 Å². The quantitative estimate of drug-likeness (QED) is 0.914. The van der Waals surface area contributed by atoms with Gasteiger partial charge in [0.25, 0.3) is 0 Å². The maximum absolute atomic E-state index is 12.7. The van der Waals surface area contributed by atoms with Gasteiger partial charge in [-0.05, 0) is 18.8 Å². The molecule has 1 aliphatic carbocycles. The molecule has 2 bridgehead atoms. The van der Waals surface area contributed by atoms with Crippen LogP contribution in [-0.2, 0) is 17.5 Å². The average molecular weight is 276 g/mol. The zero-order valence-corrected chi connectivity index (χ0v) is 9.78. The number of aromatic carboxylic acids is 1. The third-order valence-corrected chi connectivity index (χ3v) is 3.73. The zero-order chi connectivity index (χ0) is 13.8. The highest BCUT2D eigenvalue weighted by Crippen LogP contribution is 2.49. The van der Waals surface area contributed by atoms with Crippen LogP contribution in [0.2, 0.25) is 0 Å². The fourth-order valence-corrected chi connectivity index (χ4v) is 2.91. The van der Waals surface area contributed by atoms with Crippen molar-refractivity contribution in [2.75, 3.05) is 6.61 Å². The lowest BCUT2D eigenvalue weighted by molar-refractivity contribution is -0.138. The summed E-state index contributed by atoms with van der Waals surface area (Å²) in [5.41, 5.74) is -2.56. The lowest BCUT2D eigenvalue weighted by atomic mass is 9.74. The van der Waals surface area contributed by atoms with E-state index >= 15 is 0 Å². The zero-order valence-electron chi connectivity index (χ0n) is 9.78. The maximum Gasteiger partial charge on any atom is 0.420 e. The maximum atomic E-state index is 12.7. The summed E-state index contributed by atoms with van der Waals surface area (Å²) in [5.74, 6) is -1.18. The molecule has 19 heavy (non-hydrogen) atoms. The molecule has 1 N–H and O–H groups in total. The summed E-state index contributed by atoms with van der Waals surface area (Å²) < 4.78 is 44.5. The van der Waals surface area contributed by atoms with Gasteiger partial charge in [-0.1, -0.05) is 0 Å². The molecule has 104 valence electrons. The number of hydrogen-bond acceptors (Lipinski definition) is 3. The van der Waals surface area contributed by atoms with Crippen molar-refractivity contribution in [3.63, 3.8) is 0 Å². The average Bonchev–Trinajstić information content (AvgIpc) is 2.88. The minimum Gasteiger partial charge on any atom is -0.477 e. The summed E-state index contributed by atoms with van der Waals surface area (Å²) in [5, 5.41) is 12.5. The number of halogens is 3.